The van der Waals surface area contributed by atoms with E-state index in [-0.39, 0.29) is 39.7 Å². The van der Waals surface area contributed by atoms with Gasteiger partial charge in [0.2, 0.25) is 0 Å². The number of halogens is 2. The number of hydrogen-bond acceptors (Lipinski definition) is 0. The molecule has 244 valence electrons. The van der Waals surface area contributed by atoms with Crippen molar-refractivity contribution in [2.75, 3.05) is 0 Å². The average Bonchev–Trinajstić information content (AvgIpc) is 3.64. The van der Waals surface area contributed by atoms with E-state index in [1.165, 1.54) is 106 Å². The topological polar surface area (TPSA) is 0 Å². The standard InChI is InChI=1S/C22H19.C19H19.2CH3.2ClH.Si.Zr/c1-15(2)18-13-17-9-6-12-21(22(17)14-18)20-11-5-8-16-7-3-4-10-19(16)20;1-12-9-18-14(3)6-8-17(19(18)10-12)16-7-5-13(2)15(4)11-16;;;;;;/h3-15H,1-2H3;5-11H,1-4H3;2*1H3;2*1H;;/q4*-1;;;;. The van der Waals surface area contributed by atoms with Crippen LogP contribution in [-0.4, -0.2) is 6.88 Å². The molecule has 0 aliphatic carbocycles. The van der Waals surface area contributed by atoms with Gasteiger partial charge in [-0.3, -0.25) is 0 Å². The fraction of sp³-hybridized carbons (Fsp3) is 0.163. The molecular weight excluding hydrogens is 707 g/mol. The number of hydrogen-bond donors (Lipinski definition) is 0. The van der Waals surface area contributed by atoms with Crippen molar-refractivity contribution in [1.29, 1.82) is 0 Å². The Morgan fingerprint density at radius 3 is 1.85 bits per heavy atom. The van der Waals surface area contributed by atoms with E-state index in [1.54, 1.807) is 0 Å². The van der Waals surface area contributed by atoms with Gasteiger partial charge >= 0.3 is 30.2 Å². The van der Waals surface area contributed by atoms with Gasteiger partial charge in [0.25, 0.3) is 0 Å². The molecule has 0 spiro atoms. The fourth-order valence-electron chi connectivity index (χ4n) is 6.04. The Morgan fingerprint density at radius 2 is 1.17 bits per heavy atom. The molecule has 0 aliphatic rings. The monoisotopic (exact) mass is 750 g/mol. The average molecular weight is 753 g/mol. The van der Waals surface area contributed by atoms with Crippen LogP contribution in [0.3, 0.4) is 0 Å². The third kappa shape index (κ3) is 9.04. The van der Waals surface area contributed by atoms with E-state index >= 15 is 0 Å². The first-order chi connectivity index (χ1) is 20.8. The Bertz CT molecular complexity index is 2040. The quantitative estimate of drug-likeness (QED) is 0.125. The molecule has 0 saturated carbocycles. The van der Waals surface area contributed by atoms with Crippen molar-refractivity contribution in [2.24, 2.45) is 0 Å². The van der Waals surface area contributed by atoms with E-state index in [4.69, 9.17) is 0 Å². The van der Waals surface area contributed by atoms with Crippen molar-refractivity contribution in [2.45, 2.75) is 47.5 Å². The summed E-state index contributed by atoms with van der Waals surface area (Å²) in [5.41, 5.74) is 12.1. The SMILES string of the molecule is CC(C)c1cc2c(-c3cccc4ccccc34)cccc2[cH-]1.Cc1cc2c(-c3ccc(C)c(C)c3)ccc(C)c2[cH-]1.Cl.Cl.[CH3-].[CH3-].[Si]=[Zr]. The van der Waals surface area contributed by atoms with Crippen LogP contribution in [0.2, 0.25) is 0 Å². The third-order valence-corrected chi connectivity index (χ3v) is 8.59. The van der Waals surface area contributed by atoms with Crippen LogP contribution in [0.15, 0.2) is 115 Å². The van der Waals surface area contributed by atoms with Crippen molar-refractivity contribution in [3.8, 4) is 22.3 Å². The van der Waals surface area contributed by atoms with E-state index < -0.39 is 0 Å². The van der Waals surface area contributed by atoms with E-state index in [2.05, 4.69) is 164 Å². The molecule has 0 aliphatic heterocycles. The molecule has 0 amide bonds. The van der Waals surface area contributed by atoms with Crippen molar-refractivity contribution >= 4 is 64.0 Å². The summed E-state index contributed by atoms with van der Waals surface area (Å²) in [5.74, 6) is 0.563. The molecule has 0 N–H and O–H groups in total. The van der Waals surface area contributed by atoms with Crippen molar-refractivity contribution in [3.63, 3.8) is 0 Å². The summed E-state index contributed by atoms with van der Waals surface area (Å²) < 4.78 is 0. The van der Waals surface area contributed by atoms with Crippen LogP contribution in [-0.2, 0) is 23.3 Å². The van der Waals surface area contributed by atoms with Gasteiger partial charge in [-0.05, 0) is 52.8 Å². The van der Waals surface area contributed by atoms with Gasteiger partial charge in [0.05, 0.1) is 0 Å². The number of benzene rings is 5. The molecule has 7 aromatic carbocycles. The molecule has 4 heteroatoms. The van der Waals surface area contributed by atoms with Crippen LogP contribution in [0.1, 0.15) is 47.6 Å². The number of rotatable bonds is 3. The predicted octanol–water partition coefficient (Wildman–Crippen LogP) is 13.3. The second kappa shape index (κ2) is 18.7. The van der Waals surface area contributed by atoms with E-state index in [0.29, 0.717) is 5.92 Å². The minimum atomic E-state index is 0. The number of fused-ring (bicyclic) bond motifs is 3. The van der Waals surface area contributed by atoms with Gasteiger partial charge in [-0.2, -0.15) is 12.1 Å². The predicted molar refractivity (Wildman–Crippen MR) is 214 cm³/mol. The molecule has 0 atom stereocenters. The van der Waals surface area contributed by atoms with Crippen molar-refractivity contribution in [1.82, 2.24) is 0 Å². The van der Waals surface area contributed by atoms with Crippen molar-refractivity contribution < 1.29 is 23.3 Å². The molecule has 7 rings (SSSR count). The zero-order valence-electron chi connectivity index (χ0n) is 28.9. The van der Waals surface area contributed by atoms with Gasteiger partial charge in [0.1, 0.15) is 0 Å². The second-order valence-corrected chi connectivity index (χ2v) is 11.9. The summed E-state index contributed by atoms with van der Waals surface area (Å²) in [4.78, 5) is 0. The summed E-state index contributed by atoms with van der Waals surface area (Å²) in [6.45, 7) is 16.3. The Hall–Kier alpha value is -2.74. The summed E-state index contributed by atoms with van der Waals surface area (Å²) in [6.07, 6.45) is 0. The molecule has 7 aromatic rings. The van der Waals surface area contributed by atoms with Crippen LogP contribution in [0.5, 0.6) is 0 Å². The van der Waals surface area contributed by atoms with Crippen LogP contribution < -0.4 is 0 Å². The molecule has 2 radical (unpaired) electrons. The van der Waals surface area contributed by atoms with Gasteiger partial charge in [-0.15, -0.1) is 93.4 Å². The normalized spacial score (nSPS) is 10.0. The van der Waals surface area contributed by atoms with Gasteiger partial charge in [-0.25, -0.2) is 0 Å². The molecule has 0 bridgehead atoms. The first kappa shape index (κ1) is 42.3. The van der Waals surface area contributed by atoms with E-state index in [0.717, 1.165) is 0 Å². The van der Waals surface area contributed by atoms with Crippen LogP contribution in [0.25, 0.3) is 54.6 Å². The first-order valence-electron chi connectivity index (χ1n) is 15.0. The van der Waals surface area contributed by atoms with E-state index in [9.17, 15) is 0 Å². The molecular formula is C43H46Cl2SiZr-4. The van der Waals surface area contributed by atoms with E-state index in [1.807, 2.05) is 0 Å². The maximum absolute atomic E-state index is 3.06. The van der Waals surface area contributed by atoms with Crippen molar-refractivity contribution in [3.05, 3.63) is 158 Å². The summed E-state index contributed by atoms with van der Waals surface area (Å²) >= 11 is 1.36. The molecule has 0 fully saturated rings. The van der Waals surface area contributed by atoms with Crippen LogP contribution in [0, 0.1) is 42.5 Å². The summed E-state index contributed by atoms with van der Waals surface area (Å²) in [6, 6.07) is 42.3. The molecule has 0 heterocycles. The Balaban J connectivity index is 0.000000416. The maximum atomic E-state index is 3.06. The van der Waals surface area contributed by atoms with Gasteiger partial charge < -0.3 is 14.9 Å². The van der Waals surface area contributed by atoms with Gasteiger partial charge in [-0.1, -0.05) is 112 Å². The fourth-order valence-corrected chi connectivity index (χ4v) is 6.04. The number of aryl methyl sites for hydroxylation is 4. The van der Waals surface area contributed by atoms with Gasteiger partial charge in [0, 0.05) is 0 Å². The summed E-state index contributed by atoms with van der Waals surface area (Å²) in [5, 5.41) is 8.09. The molecule has 47 heavy (non-hydrogen) atoms. The molecule has 0 nitrogen and oxygen atoms in total. The molecule has 0 unspecified atom stereocenters. The Kier molecular flexibility index (Phi) is 16.8. The summed E-state index contributed by atoms with van der Waals surface area (Å²) in [7, 11) is 0. The first-order valence-corrected chi connectivity index (χ1v) is 19.2. The second-order valence-electron chi connectivity index (χ2n) is 11.9. The zero-order valence-corrected chi connectivity index (χ0v) is 34.0. The van der Waals surface area contributed by atoms with Crippen LogP contribution in [0.4, 0.5) is 0 Å². The molecule has 0 aromatic heterocycles. The Labute approximate surface area is 312 Å². The third-order valence-electron chi connectivity index (χ3n) is 8.59. The Morgan fingerprint density at radius 1 is 0.553 bits per heavy atom. The minimum absolute atomic E-state index is 0. The zero-order chi connectivity index (χ0) is 30.7. The van der Waals surface area contributed by atoms with Gasteiger partial charge in [0.15, 0.2) is 0 Å². The molecule has 0 saturated heterocycles. The van der Waals surface area contributed by atoms with Crippen LogP contribution >= 0.6 is 24.8 Å².